The highest BCUT2D eigenvalue weighted by Gasteiger charge is 2.15. The topological polar surface area (TPSA) is 232 Å². The number of aromatic nitrogens is 4. The van der Waals surface area contributed by atoms with Gasteiger partial charge in [-0.15, -0.1) is 12.4 Å². The molecule has 0 amide bonds. The number of nitrogens with one attached hydrogen (secondary N) is 2. The first-order valence-electron chi connectivity index (χ1n) is 24.0. The molecule has 0 radical (unpaired) electrons. The fourth-order valence-corrected chi connectivity index (χ4v) is 9.07. The Kier molecular flexibility index (Phi) is 20.3. The van der Waals surface area contributed by atoms with E-state index in [1.54, 1.807) is 66.7 Å². The summed E-state index contributed by atoms with van der Waals surface area (Å²) >= 11 is 12.9. The van der Waals surface area contributed by atoms with E-state index < -0.39 is 19.7 Å². The number of halogens is 5. The molecule has 0 saturated carbocycles. The molecule has 10 rings (SSSR count). The van der Waals surface area contributed by atoms with Crippen LogP contribution < -0.4 is 25.8 Å². The molecule has 4 aromatic heterocycles. The summed E-state index contributed by atoms with van der Waals surface area (Å²) in [6, 6.07) is 41.2. The second-order valence-electron chi connectivity index (χ2n) is 17.7. The summed E-state index contributed by atoms with van der Waals surface area (Å²) < 4.78 is 92.9. The molecule has 6 aromatic carbocycles. The van der Waals surface area contributed by atoms with E-state index in [0.717, 1.165) is 32.9 Å². The third kappa shape index (κ3) is 17.0. The first kappa shape index (κ1) is 59.7. The Balaban J connectivity index is 0.000000205. The average Bonchev–Trinajstić information content (AvgIpc) is 4.13. The van der Waals surface area contributed by atoms with Crippen LogP contribution in [-0.4, -0.2) is 73.6 Å². The van der Waals surface area contributed by atoms with Gasteiger partial charge in [-0.05, 0) is 132 Å². The van der Waals surface area contributed by atoms with Crippen LogP contribution in [0.3, 0.4) is 0 Å². The molecule has 0 spiro atoms. The zero-order valence-electron chi connectivity index (χ0n) is 42.6. The molecule has 0 saturated heterocycles. The Bertz CT molecular complexity index is 4020. The third-order valence-electron chi connectivity index (χ3n) is 11.4. The summed E-state index contributed by atoms with van der Waals surface area (Å²) in [5.41, 5.74) is 10.8. The molecule has 0 aliphatic heterocycles. The van der Waals surface area contributed by atoms with Crippen molar-refractivity contribution >= 4 is 106 Å². The molecule has 0 atom stereocenters. The number of rotatable bonds is 18. The summed E-state index contributed by atoms with van der Waals surface area (Å²) in [5, 5.41) is 8.87. The van der Waals surface area contributed by atoms with Gasteiger partial charge in [-0.3, -0.25) is 4.79 Å². The van der Waals surface area contributed by atoms with Crippen LogP contribution in [0.1, 0.15) is 27.4 Å². The van der Waals surface area contributed by atoms with Gasteiger partial charge in [0.1, 0.15) is 97.6 Å². The van der Waals surface area contributed by atoms with E-state index in [1.165, 1.54) is 49.4 Å². The van der Waals surface area contributed by atoms with E-state index in [4.69, 9.17) is 47.2 Å². The SMILES string of the molecule is CS(=O)(=O)CCN.CS(=O)(=O)CCc1ccc(-c2ccc3ncnc(Nc4ccc(OCc5cccc(F)c5)c(Cl)c4)c3c2)o1.Cl.O=Cc1ccc(-c2ccc3ncnc(Nc4ccc(OCc5cccc(F)c5)c(Cl)c4)c3c2)o1. The second-order valence-corrected chi connectivity index (χ2v) is 23.0. The van der Waals surface area contributed by atoms with Crippen LogP contribution >= 0.6 is 35.6 Å². The molecular formula is C57H50Cl3F2N7O9S2. The van der Waals surface area contributed by atoms with Crippen LogP contribution in [-0.2, 0) is 39.3 Å². The van der Waals surface area contributed by atoms with Gasteiger partial charge in [-0.25, -0.2) is 45.6 Å². The third-order valence-corrected chi connectivity index (χ3v) is 13.9. The van der Waals surface area contributed by atoms with Crippen LogP contribution in [0.2, 0.25) is 10.0 Å². The van der Waals surface area contributed by atoms with E-state index in [1.807, 2.05) is 54.6 Å². The van der Waals surface area contributed by atoms with E-state index in [2.05, 4.69) is 30.6 Å². The minimum absolute atomic E-state index is 0. The molecule has 0 aliphatic rings. The summed E-state index contributed by atoms with van der Waals surface area (Å²) in [7, 11) is -5.88. The number of benzene rings is 6. The molecule has 23 heteroatoms. The largest absolute Gasteiger partial charge is 0.487 e. The number of hydrogen-bond donors (Lipinski definition) is 3. The Morgan fingerprint density at radius 1 is 0.588 bits per heavy atom. The van der Waals surface area contributed by atoms with Gasteiger partial charge in [-0.1, -0.05) is 47.5 Å². The van der Waals surface area contributed by atoms with Crippen LogP contribution in [0.4, 0.5) is 31.8 Å². The number of aldehydes is 1. The van der Waals surface area contributed by atoms with Crippen molar-refractivity contribution in [2.75, 3.05) is 41.2 Å². The molecular weight excluding hydrogens is 1140 g/mol. The highest BCUT2D eigenvalue weighted by molar-refractivity contribution is 7.90. The average molecular weight is 1190 g/mol. The van der Waals surface area contributed by atoms with Crippen molar-refractivity contribution in [2.45, 2.75) is 19.6 Å². The number of sulfone groups is 2. The van der Waals surface area contributed by atoms with Crippen LogP contribution in [0.15, 0.2) is 167 Å². The number of carbonyl (C=O) groups is 1. The molecule has 0 bridgehead atoms. The molecule has 10 aromatic rings. The van der Waals surface area contributed by atoms with Gasteiger partial charge in [0.25, 0.3) is 0 Å². The van der Waals surface area contributed by atoms with Gasteiger partial charge in [-0.2, -0.15) is 0 Å². The quantitative estimate of drug-likeness (QED) is 0.0678. The van der Waals surface area contributed by atoms with Crippen molar-refractivity contribution < 1.29 is 48.7 Å². The molecule has 16 nitrogen and oxygen atoms in total. The lowest BCUT2D eigenvalue weighted by atomic mass is 10.1. The van der Waals surface area contributed by atoms with Crippen molar-refractivity contribution in [3.63, 3.8) is 0 Å². The molecule has 4 heterocycles. The van der Waals surface area contributed by atoms with Crippen molar-refractivity contribution in [2.24, 2.45) is 5.73 Å². The van der Waals surface area contributed by atoms with Gasteiger partial charge in [0.2, 0.25) is 0 Å². The fraction of sp³-hybridized carbons (Fsp3) is 0.140. The lowest BCUT2D eigenvalue weighted by Gasteiger charge is -2.12. The Labute approximate surface area is 475 Å². The van der Waals surface area contributed by atoms with Crippen LogP contribution in [0, 0.1) is 11.6 Å². The molecule has 0 unspecified atom stereocenters. The Morgan fingerprint density at radius 2 is 1.07 bits per heavy atom. The summed E-state index contributed by atoms with van der Waals surface area (Å²) in [6.07, 6.45) is 6.29. The smallest absolute Gasteiger partial charge is 0.185 e. The number of nitrogens with two attached hydrogens (primary N) is 1. The van der Waals surface area contributed by atoms with Crippen molar-refractivity contribution in [3.8, 4) is 34.1 Å². The van der Waals surface area contributed by atoms with Gasteiger partial charge in [0.15, 0.2) is 12.0 Å². The predicted octanol–water partition coefficient (Wildman–Crippen LogP) is 12.8. The fourth-order valence-electron chi connectivity index (χ4n) is 7.60. The molecule has 0 fully saturated rings. The number of hydrogen-bond acceptors (Lipinski definition) is 16. The number of fused-ring (bicyclic) bond motifs is 2. The van der Waals surface area contributed by atoms with Crippen molar-refractivity contribution in [1.29, 1.82) is 0 Å². The van der Waals surface area contributed by atoms with Gasteiger partial charge in [0.05, 0.1) is 32.6 Å². The highest BCUT2D eigenvalue weighted by atomic mass is 35.5. The summed E-state index contributed by atoms with van der Waals surface area (Å²) in [4.78, 5) is 28.4. The zero-order valence-corrected chi connectivity index (χ0v) is 46.6. The number of furan rings is 2. The Morgan fingerprint density at radius 3 is 1.50 bits per heavy atom. The number of nitrogens with zero attached hydrogens (tertiary/aromatic N) is 4. The molecule has 4 N–H and O–H groups in total. The lowest BCUT2D eigenvalue weighted by molar-refractivity contribution is 0.110. The minimum atomic E-state index is -3.08. The maximum absolute atomic E-state index is 13.4. The summed E-state index contributed by atoms with van der Waals surface area (Å²) in [6.45, 7) is 0.605. The van der Waals surface area contributed by atoms with E-state index in [0.29, 0.717) is 85.7 Å². The standard InChI is InChI=1S/C28H23ClFN3O4S.C26H17ClFN3O3.C3H9NO2S.ClH/c1-38(34,35)12-11-22-7-10-26(37-22)19-5-8-25-23(14-19)28(32-17-31-25)33-21-6-9-27(24(29)15-21)36-16-18-3-2-4-20(30)13-18;27-22-12-19(5-8-25(22)33-14-16-2-1-3-18(28)10-16)31-26-21-11-17(4-7-23(21)29-15-30-26)24-9-6-20(13-32)34-24;1-7(5,6)3-2-4;/h2-10,13-15,17H,11-12,16H2,1H3,(H,31,32,33);1-13,15H,14H2,(H,29,30,31);2-4H2,1H3;1H. The number of carbonyl (C=O) groups excluding carboxylic acids is 1. The minimum Gasteiger partial charge on any atom is -0.487 e. The van der Waals surface area contributed by atoms with E-state index >= 15 is 0 Å². The van der Waals surface area contributed by atoms with Crippen molar-refractivity contribution in [1.82, 2.24) is 19.9 Å². The maximum atomic E-state index is 13.4. The second kappa shape index (κ2) is 27.3. The van der Waals surface area contributed by atoms with E-state index in [9.17, 15) is 30.4 Å². The zero-order chi connectivity index (χ0) is 56.1. The molecule has 0 aliphatic carbocycles. The lowest BCUT2D eigenvalue weighted by Crippen LogP contribution is -2.13. The van der Waals surface area contributed by atoms with Crippen LogP contribution in [0.25, 0.3) is 44.5 Å². The van der Waals surface area contributed by atoms with Gasteiger partial charge in [0, 0.05) is 58.8 Å². The normalized spacial score (nSPS) is 11.1. The number of anilines is 4. The maximum Gasteiger partial charge on any atom is 0.185 e. The first-order chi connectivity index (χ1) is 37.9. The first-order valence-corrected chi connectivity index (χ1v) is 28.8. The van der Waals surface area contributed by atoms with Crippen molar-refractivity contribution in [3.05, 3.63) is 203 Å². The van der Waals surface area contributed by atoms with Crippen LogP contribution in [0.5, 0.6) is 11.5 Å². The Hall–Kier alpha value is -7.98. The van der Waals surface area contributed by atoms with Gasteiger partial charge < -0.3 is 34.7 Å². The predicted molar refractivity (Wildman–Crippen MR) is 310 cm³/mol. The summed E-state index contributed by atoms with van der Waals surface area (Å²) in [5.74, 6) is 3.63. The monoisotopic (exact) mass is 1180 g/mol. The number of aryl methyl sites for hydroxylation is 1. The molecule has 414 valence electrons. The van der Waals surface area contributed by atoms with Gasteiger partial charge >= 0.3 is 0 Å². The number of ether oxygens (including phenoxy) is 2. The highest BCUT2D eigenvalue weighted by Crippen LogP contribution is 2.35. The van der Waals surface area contributed by atoms with E-state index in [-0.39, 0.29) is 61.1 Å². The molecule has 80 heavy (non-hydrogen) atoms.